The molecule has 0 aliphatic rings. The Morgan fingerprint density at radius 2 is 0.929 bits per heavy atom. The smallest absolute Gasteiger partial charge is 0.306 e. The van der Waals surface area contributed by atoms with Gasteiger partial charge in [-0.2, -0.15) is 0 Å². The Balaban J connectivity index is 3.08. The second-order valence-electron chi connectivity index (χ2n) is 8.12. The summed E-state index contributed by atoms with van der Waals surface area (Å²) in [5.41, 5.74) is 0. The van der Waals surface area contributed by atoms with Gasteiger partial charge in [-0.05, 0) is 6.42 Å². The van der Waals surface area contributed by atoms with Gasteiger partial charge in [0.05, 0.1) is 19.4 Å². The first-order chi connectivity index (χ1) is 13.7. The van der Waals surface area contributed by atoms with Gasteiger partial charge in [0.25, 0.3) is 0 Å². The van der Waals surface area contributed by atoms with Gasteiger partial charge in [-0.3, -0.25) is 9.59 Å². The largest absolute Gasteiger partial charge is 0.481 e. The van der Waals surface area contributed by atoms with Crippen molar-refractivity contribution in [2.45, 2.75) is 135 Å². The van der Waals surface area contributed by atoms with E-state index >= 15 is 0 Å². The van der Waals surface area contributed by atoms with Crippen LogP contribution in [-0.4, -0.2) is 23.7 Å². The van der Waals surface area contributed by atoms with Crippen LogP contribution in [0.25, 0.3) is 0 Å². The predicted molar refractivity (Wildman–Crippen MR) is 117 cm³/mol. The summed E-state index contributed by atoms with van der Waals surface area (Å²) in [4.78, 5) is 21.6. The molecule has 0 saturated carbocycles. The summed E-state index contributed by atoms with van der Waals surface area (Å²) < 4.78 is 5.02. The molecule has 4 nitrogen and oxygen atoms in total. The van der Waals surface area contributed by atoms with Gasteiger partial charge in [-0.25, -0.2) is 0 Å². The average Bonchev–Trinajstić information content (AvgIpc) is 2.68. The van der Waals surface area contributed by atoms with Crippen LogP contribution in [0.15, 0.2) is 0 Å². The highest BCUT2D eigenvalue weighted by Crippen LogP contribution is 2.14. The van der Waals surface area contributed by atoms with E-state index in [-0.39, 0.29) is 12.8 Å². The number of carbonyl (C=O) groups is 2. The second kappa shape index (κ2) is 22.2. The number of carbonyl (C=O) groups excluding carboxylic acids is 1. The molecule has 0 unspecified atom stereocenters. The van der Waals surface area contributed by atoms with Crippen molar-refractivity contribution in [3.05, 3.63) is 0 Å². The van der Waals surface area contributed by atoms with Crippen LogP contribution in [0.5, 0.6) is 0 Å². The molecule has 0 saturated heterocycles. The number of unbranched alkanes of at least 4 members (excludes halogenated alkanes) is 17. The van der Waals surface area contributed by atoms with E-state index in [2.05, 4.69) is 6.92 Å². The van der Waals surface area contributed by atoms with Crippen LogP contribution in [-0.2, 0) is 14.3 Å². The van der Waals surface area contributed by atoms with Crippen molar-refractivity contribution in [3.8, 4) is 0 Å². The van der Waals surface area contributed by atoms with Gasteiger partial charge in [-0.1, -0.05) is 116 Å². The molecule has 0 aromatic rings. The van der Waals surface area contributed by atoms with Gasteiger partial charge in [0.15, 0.2) is 0 Å². The Kier molecular flexibility index (Phi) is 21.4. The fourth-order valence-electron chi connectivity index (χ4n) is 3.47. The van der Waals surface area contributed by atoms with E-state index in [1.807, 2.05) is 0 Å². The maximum absolute atomic E-state index is 11.2. The first-order valence-electron chi connectivity index (χ1n) is 12.0. The second-order valence-corrected chi connectivity index (χ2v) is 8.12. The fourth-order valence-corrected chi connectivity index (χ4v) is 3.47. The number of rotatable bonds is 22. The van der Waals surface area contributed by atoms with Gasteiger partial charge in [0.1, 0.15) is 0 Å². The van der Waals surface area contributed by atoms with Crippen LogP contribution in [0, 0.1) is 0 Å². The third-order valence-electron chi connectivity index (χ3n) is 5.30. The summed E-state index contributed by atoms with van der Waals surface area (Å²) in [5.74, 6) is -1.35. The first-order valence-corrected chi connectivity index (χ1v) is 12.0. The molecule has 0 aromatic heterocycles. The van der Waals surface area contributed by atoms with Gasteiger partial charge >= 0.3 is 11.9 Å². The molecule has 1 N–H and O–H groups in total. The zero-order valence-corrected chi connectivity index (χ0v) is 18.5. The quantitative estimate of drug-likeness (QED) is 0.152. The van der Waals surface area contributed by atoms with E-state index in [1.165, 1.54) is 103 Å². The van der Waals surface area contributed by atoms with Crippen LogP contribution in [0.3, 0.4) is 0 Å². The normalized spacial score (nSPS) is 10.9. The first kappa shape index (κ1) is 26.9. The van der Waals surface area contributed by atoms with Crippen molar-refractivity contribution in [2.75, 3.05) is 6.61 Å². The molecule has 0 atom stereocenters. The summed E-state index contributed by atoms with van der Waals surface area (Å²) in [6, 6.07) is 0. The Hall–Kier alpha value is -1.06. The lowest BCUT2D eigenvalue weighted by molar-refractivity contribution is -0.147. The minimum absolute atomic E-state index is 0.0195. The van der Waals surface area contributed by atoms with Crippen molar-refractivity contribution in [1.82, 2.24) is 0 Å². The lowest BCUT2D eigenvalue weighted by atomic mass is 10.0. The lowest BCUT2D eigenvalue weighted by Crippen LogP contribution is -2.08. The SMILES string of the molecule is CCCCCCCCCCCCCCCCCCCCOC(=O)CCC(=O)O. The van der Waals surface area contributed by atoms with Crippen LogP contribution < -0.4 is 0 Å². The number of hydrogen-bond acceptors (Lipinski definition) is 3. The van der Waals surface area contributed by atoms with Gasteiger partial charge in [-0.15, -0.1) is 0 Å². The van der Waals surface area contributed by atoms with Crippen molar-refractivity contribution in [3.63, 3.8) is 0 Å². The molecule has 166 valence electrons. The van der Waals surface area contributed by atoms with E-state index in [9.17, 15) is 9.59 Å². The molecule has 0 bridgehead atoms. The maximum Gasteiger partial charge on any atom is 0.306 e. The Morgan fingerprint density at radius 1 is 0.571 bits per heavy atom. The van der Waals surface area contributed by atoms with Crippen molar-refractivity contribution >= 4 is 11.9 Å². The molecular weight excluding hydrogens is 352 g/mol. The van der Waals surface area contributed by atoms with Crippen LogP contribution in [0.4, 0.5) is 0 Å². The summed E-state index contributed by atoms with van der Waals surface area (Å²) in [6.07, 6.45) is 23.9. The maximum atomic E-state index is 11.2. The van der Waals surface area contributed by atoms with E-state index in [4.69, 9.17) is 9.84 Å². The number of esters is 1. The molecule has 0 aliphatic carbocycles. The van der Waals surface area contributed by atoms with E-state index in [0.29, 0.717) is 6.61 Å². The van der Waals surface area contributed by atoms with Gasteiger partial charge in [0, 0.05) is 0 Å². The number of hydrogen-bond donors (Lipinski definition) is 1. The zero-order valence-electron chi connectivity index (χ0n) is 18.5. The molecule has 28 heavy (non-hydrogen) atoms. The highest BCUT2D eigenvalue weighted by atomic mass is 16.5. The number of aliphatic carboxylic acids is 1. The van der Waals surface area contributed by atoms with Crippen molar-refractivity contribution < 1.29 is 19.4 Å². The molecule has 0 radical (unpaired) electrons. The van der Waals surface area contributed by atoms with Gasteiger partial charge < -0.3 is 9.84 Å². The number of carboxylic acids is 1. The summed E-state index contributed by atoms with van der Waals surface area (Å²) in [6.45, 7) is 2.70. The van der Waals surface area contributed by atoms with E-state index in [1.54, 1.807) is 0 Å². The van der Waals surface area contributed by atoms with Crippen LogP contribution in [0.2, 0.25) is 0 Å². The summed E-state index contributed by atoms with van der Waals surface area (Å²) in [5, 5.41) is 8.49. The molecule has 0 spiro atoms. The third kappa shape index (κ3) is 23.0. The molecule has 0 amide bonds. The monoisotopic (exact) mass is 398 g/mol. The molecule has 0 rings (SSSR count). The number of ether oxygens (including phenoxy) is 1. The molecule has 0 aromatic carbocycles. The highest BCUT2D eigenvalue weighted by Gasteiger charge is 2.05. The van der Waals surface area contributed by atoms with Crippen LogP contribution in [0.1, 0.15) is 135 Å². The summed E-state index contributed by atoms with van der Waals surface area (Å²) in [7, 11) is 0. The van der Waals surface area contributed by atoms with E-state index in [0.717, 1.165) is 12.8 Å². The predicted octanol–water partition coefficient (Wildman–Crippen LogP) is 7.44. The topological polar surface area (TPSA) is 63.6 Å². The minimum Gasteiger partial charge on any atom is -0.481 e. The van der Waals surface area contributed by atoms with Crippen molar-refractivity contribution in [2.24, 2.45) is 0 Å². The molecule has 0 aliphatic heterocycles. The molecule has 0 heterocycles. The fraction of sp³-hybridized carbons (Fsp3) is 0.917. The van der Waals surface area contributed by atoms with Gasteiger partial charge in [0.2, 0.25) is 0 Å². The Bertz CT molecular complexity index is 355. The number of carboxylic acid groups (broad SMARTS) is 1. The average molecular weight is 399 g/mol. The van der Waals surface area contributed by atoms with E-state index < -0.39 is 11.9 Å². The summed E-state index contributed by atoms with van der Waals surface area (Å²) >= 11 is 0. The Morgan fingerprint density at radius 3 is 1.29 bits per heavy atom. The molecular formula is C24H46O4. The zero-order chi connectivity index (χ0) is 20.7. The molecule has 4 heteroatoms. The standard InChI is InChI=1S/C24H46O4/c1-2-3-4-5-6-7-8-9-10-11-12-13-14-15-16-17-18-19-22-28-24(27)21-20-23(25)26/h2-22H2,1H3,(H,25,26). The van der Waals surface area contributed by atoms with Crippen molar-refractivity contribution in [1.29, 1.82) is 0 Å². The Labute approximate surface area is 173 Å². The van der Waals surface area contributed by atoms with Crippen LogP contribution >= 0.6 is 0 Å². The highest BCUT2D eigenvalue weighted by molar-refractivity contribution is 5.76. The third-order valence-corrected chi connectivity index (χ3v) is 5.30. The minimum atomic E-state index is -0.954. The molecule has 0 fully saturated rings. The lowest BCUT2D eigenvalue weighted by Gasteiger charge is -2.05.